The molecule has 5 nitrogen and oxygen atoms in total. The molecule has 0 saturated carbocycles. The number of allylic oxidation sites excluding steroid dienone is 1. The molecule has 2 amide bonds. The normalized spacial score (nSPS) is 16.2. The monoisotopic (exact) mass is 409 g/mol. The Labute approximate surface area is 173 Å². The maximum atomic E-state index is 13.2. The number of hydrogen-bond acceptors (Lipinski definition) is 4. The first-order chi connectivity index (χ1) is 13.9. The van der Waals surface area contributed by atoms with Crippen LogP contribution in [0.4, 0.5) is 10.1 Å². The molecule has 1 aliphatic heterocycles. The van der Waals surface area contributed by atoms with Gasteiger partial charge in [0.1, 0.15) is 5.82 Å². The van der Waals surface area contributed by atoms with Crippen molar-refractivity contribution in [3.05, 3.63) is 75.6 Å². The Kier molecular flexibility index (Phi) is 6.35. The Morgan fingerprint density at radius 1 is 1.24 bits per heavy atom. The third kappa shape index (κ3) is 5.04. The molecule has 2 aromatic carbocycles. The average Bonchev–Trinajstić information content (AvgIpc) is 2.69. The smallest absolute Gasteiger partial charge is 0.234 e. The average molecular weight is 409 g/mol. The van der Waals surface area contributed by atoms with Gasteiger partial charge in [0.15, 0.2) is 0 Å². The standard InChI is InChI=1S/C22H20FN3O2S/c1-13-3-8-17(9-14(13)2)25-21(28)12-29-22-19(11-24)18(10-20(27)26-22)15-4-6-16(23)7-5-15/h3-9,18H,10,12H2,1-2H3,(H,25,28)(H,26,27)/t18-/m0/s1. The fraction of sp³-hybridized carbons (Fsp3) is 0.227. The van der Waals surface area contributed by atoms with Crippen molar-refractivity contribution in [1.29, 1.82) is 5.26 Å². The summed E-state index contributed by atoms with van der Waals surface area (Å²) in [6, 6.07) is 13.6. The maximum absolute atomic E-state index is 13.2. The third-order valence-electron chi connectivity index (χ3n) is 4.77. The molecule has 1 atom stereocenters. The molecule has 0 spiro atoms. The van der Waals surface area contributed by atoms with Gasteiger partial charge in [-0.25, -0.2) is 4.39 Å². The molecular weight excluding hydrogens is 389 g/mol. The van der Waals surface area contributed by atoms with E-state index in [-0.39, 0.29) is 29.8 Å². The number of carbonyl (C=O) groups excluding carboxylic acids is 2. The first kappa shape index (κ1) is 20.6. The van der Waals surface area contributed by atoms with E-state index in [2.05, 4.69) is 16.7 Å². The van der Waals surface area contributed by atoms with Crippen LogP contribution in [0.15, 0.2) is 53.1 Å². The third-order valence-corrected chi connectivity index (χ3v) is 5.78. The molecule has 1 heterocycles. The van der Waals surface area contributed by atoms with E-state index < -0.39 is 5.92 Å². The fourth-order valence-corrected chi connectivity index (χ4v) is 3.94. The lowest BCUT2D eigenvalue weighted by Crippen LogP contribution is -2.31. The summed E-state index contributed by atoms with van der Waals surface area (Å²) in [5, 5.41) is 15.5. The van der Waals surface area contributed by atoms with Gasteiger partial charge in [0.2, 0.25) is 11.8 Å². The van der Waals surface area contributed by atoms with Crippen molar-refractivity contribution in [3.8, 4) is 6.07 Å². The fourth-order valence-electron chi connectivity index (χ4n) is 3.07. The number of nitriles is 1. The van der Waals surface area contributed by atoms with Crippen LogP contribution in [0.3, 0.4) is 0 Å². The predicted molar refractivity (Wildman–Crippen MR) is 112 cm³/mol. The molecule has 7 heteroatoms. The highest BCUT2D eigenvalue weighted by Gasteiger charge is 2.29. The van der Waals surface area contributed by atoms with Crippen LogP contribution in [0.2, 0.25) is 0 Å². The van der Waals surface area contributed by atoms with Crippen molar-refractivity contribution in [3.63, 3.8) is 0 Å². The van der Waals surface area contributed by atoms with E-state index in [0.717, 1.165) is 22.9 Å². The molecule has 0 aliphatic carbocycles. The predicted octanol–water partition coefficient (Wildman–Crippen LogP) is 4.15. The van der Waals surface area contributed by atoms with Crippen LogP contribution in [0.5, 0.6) is 0 Å². The van der Waals surface area contributed by atoms with Crippen molar-refractivity contribution in [2.45, 2.75) is 26.2 Å². The van der Waals surface area contributed by atoms with E-state index in [9.17, 15) is 19.2 Å². The summed E-state index contributed by atoms with van der Waals surface area (Å²) in [6.07, 6.45) is 0.105. The Hall–Kier alpha value is -3.11. The Balaban J connectivity index is 1.74. The van der Waals surface area contributed by atoms with Crippen molar-refractivity contribution < 1.29 is 14.0 Å². The maximum Gasteiger partial charge on any atom is 0.234 e. The molecule has 0 radical (unpaired) electrons. The number of anilines is 1. The molecule has 3 rings (SSSR count). The van der Waals surface area contributed by atoms with Crippen molar-refractivity contribution in [2.75, 3.05) is 11.1 Å². The van der Waals surface area contributed by atoms with Gasteiger partial charge in [-0.15, -0.1) is 0 Å². The number of nitrogens with one attached hydrogen (secondary N) is 2. The second-order valence-corrected chi connectivity index (χ2v) is 7.83. The number of rotatable bonds is 5. The van der Waals surface area contributed by atoms with Crippen LogP contribution in [-0.4, -0.2) is 17.6 Å². The zero-order chi connectivity index (χ0) is 21.0. The molecule has 0 aromatic heterocycles. The van der Waals surface area contributed by atoms with Gasteiger partial charge < -0.3 is 10.6 Å². The topological polar surface area (TPSA) is 82.0 Å². The highest BCUT2D eigenvalue weighted by atomic mass is 32.2. The van der Waals surface area contributed by atoms with E-state index >= 15 is 0 Å². The second-order valence-electron chi connectivity index (χ2n) is 6.85. The van der Waals surface area contributed by atoms with Crippen molar-refractivity contribution in [1.82, 2.24) is 5.32 Å². The first-order valence-electron chi connectivity index (χ1n) is 9.07. The highest BCUT2D eigenvalue weighted by molar-refractivity contribution is 8.03. The lowest BCUT2D eigenvalue weighted by atomic mass is 9.87. The number of aryl methyl sites for hydroxylation is 2. The zero-order valence-electron chi connectivity index (χ0n) is 16.1. The highest BCUT2D eigenvalue weighted by Crippen LogP contribution is 2.36. The van der Waals surface area contributed by atoms with Gasteiger partial charge in [-0.2, -0.15) is 5.26 Å². The number of benzene rings is 2. The second kappa shape index (κ2) is 8.93. The molecule has 148 valence electrons. The molecule has 0 unspecified atom stereocenters. The van der Waals surface area contributed by atoms with Gasteiger partial charge in [-0.05, 0) is 54.8 Å². The molecule has 1 aliphatic rings. The van der Waals surface area contributed by atoms with E-state index in [1.807, 2.05) is 32.0 Å². The van der Waals surface area contributed by atoms with Crippen molar-refractivity contribution in [2.24, 2.45) is 0 Å². The summed E-state index contributed by atoms with van der Waals surface area (Å²) >= 11 is 1.11. The molecule has 2 N–H and O–H groups in total. The number of hydrogen-bond donors (Lipinski definition) is 2. The number of carbonyl (C=O) groups is 2. The number of thioether (sulfide) groups is 1. The van der Waals surface area contributed by atoms with Gasteiger partial charge in [-0.3, -0.25) is 9.59 Å². The van der Waals surface area contributed by atoms with E-state index in [1.54, 1.807) is 12.1 Å². The summed E-state index contributed by atoms with van der Waals surface area (Å²) < 4.78 is 13.2. The van der Waals surface area contributed by atoms with Crippen LogP contribution < -0.4 is 10.6 Å². The van der Waals surface area contributed by atoms with E-state index in [4.69, 9.17) is 0 Å². The Morgan fingerprint density at radius 3 is 2.62 bits per heavy atom. The summed E-state index contributed by atoms with van der Waals surface area (Å²) in [6.45, 7) is 3.97. The van der Waals surface area contributed by atoms with Gasteiger partial charge >= 0.3 is 0 Å². The first-order valence-corrected chi connectivity index (χ1v) is 10.1. The molecule has 29 heavy (non-hydrogen) atoms. The molecule has 0 fully saturated rings. The molecule has 2 aromatic rings. The van der Waals surface area contributed by atoms with E-state index in [0.29, 0.717) is 21.9 Å². The number of amides is 2. The quantitative estimate of drug-likeness (QED) is 0.777. The van der Waals surface area contributed by atoms with Gasteiger partial charge in [0.05, 0.1) is 22.4 Å². The minimum Gasteiger partial charge on any atom is -0.325 e. The summed E-state index contributed by atoms with van der Waals surface area (Å²) in [4.78, 5) is 24.5. The summed E-state index contributed by atoms with van der Waals surface area (Å²) in [7, 11) is 0. The number of nitrogens with zero attached hydrogens (tertiary/aromatic N) is 1. The minimum absolute atomic E-state index is 0.0455. The van der Waals surface area contributed by atoms with Gasteiger partial charge in [0, 0.05) is 18.0 Å². The van der Waals surface area contributed by atoms with Gasteiger partial charge in [-0.1, -0.05) is 30.0 Å². The summed E-state index contributed by atoms with van der Waals surface area (Å²) in [5.74, 6) is -1.27. The van der Waals surface area contributed by atoms with Crippen LogP contribution in [0, 0.1) is 31.0 Å². The molecule has 0 bridgehead atoms. The van der Waals surface area contributed by atoms with Crippen LogP contribution >= 0.6 is 11.8 Å². The Morgan fingerprint density at radius 2 is 1.97 bits per heavy atom. The summed E-state index contributed by atoms with van der Waals surface area (Å²) in [5.41, 5.74) is 3.98. The molecular formula is C22H20FN3O2S. The Bertz CT molecular complexity index is 1030. The zero-order valence-corrected chi connectivity index (χ0v) is 16.9. The van der Waals surface area contributed by atoms with Crippen molar-refractivity contribution >= 4 is 29.3 Å². The van der Waals surface area contributed by atoms with E-state index in [1.165, 1.54) is 12.1 Å². The van der Waals surface area contributed by atoms with Crippen LogP contribution in [0.1, 0.15) is 29.0 Å². The lowest BCUT2D eigenvalue weighted by molar-refractivity contribution is -0.121. The minimum atomic E-state index is -0.459. The van der Waals surface area contributed by atoms with Gasteiger partial charge in [0.25, 0.3) is 0 Å². The van der Waals surface area contributed by atoms with Crippen LogP contribution in [0.25, 0.3) is 0 Å². The SMILES string of the molecule is Cc1ccc(NC(=O)CSC2=C(C#N)[C@H](c3ccc(F)cc3)CC(=O)N2)cc1C. The number of halogens is 1. The molecule has 0 saturated heterocycles. The largest absolute Gasteiger partial charge is 0.325 e. The lowest BCUT2D eigenvalue weighted by Gasteiger charge is -2.25. The van der Waals surface area contributed by atoms with Crippen LogP contribution in [-0.2, 0) is 9.59 Å².